The number of hydrogen-bond acceptors (Lipinski definition) is 5. The Hall–Kier alpha value is -3.62. The first-order chi connectivity index (χ1) is 13.4. The molecule has 3 rings (SSSR count). The molecule has 0 aliphatic carbocycles. The van der Waals surface area contributed by atoms with Crippen LogP contribution in [0.1, 0.15) is 28.5 Å². The second-order valence-electron chi connectivity index (χ2n) is 6.33. The number of nitriles is 2. The van der Waals surface area contributed by atoms with Gasteiger partial charge in [-0.2, -0.15) is 15.6 Å². The average Bonchev–Trinajstić information content (AvgIpc) is 3.27. The van der Waals surface area contributed by atoms with E-state index in [0.717, 1.165) is 0 Å². The number of halogens is 1. The van der Waals surface area contributed by atoms with Gasteiger partial charge in [0.05, 0.1) is 29.0 Å². The molecule has 1 N–H and O–H groups in total. The molecule has 1 amide bonds. The van der Waals surface area contributed by atoms with Crippen molar-refractivity contribution >= 4 is 17.5 Å². The fraction of sp³-hybridized carbons (Fsp3) is 0.211. The van der Waals surface area contributed by atoms with Crippen LogP contribution in [0.2, 0.25) is 5.02 Å². The van der Waals surface area contributed by atoms with Crippen molar-refractivity contribution in [3.05, 3.63) is 58.8 Å². The molecule has 0 aliphatic rings. The van der Waals surface area contributed by atoms with Crippen LogP contribution >= 0.6 is 11.6 Å². The zero-order valence-corrected chi connectivity index (χ0v) is 16.0. The molecule has 1 atom stereocenters. The second-order valence-corrected chi connectivity index (χ2v) is 6.74. The highest BCUT2D eigenvalue weighted by Crippen LogP contribution is 2.26. The Morgan fingerprint density at radius 1 is 1.29 bits per heavy atom. The molecule has 140 valence electrons. The molecular formula is C19H16ClN7O. The molecule has 0 aliphatic heterocycles. The van der Waals surface area contributed by atoms with E-state index in [4.69, 9.17) is 16.9 Å². The van der Waals surface area contributed by atoms with E-state index in [9.17, 15) is 10.1 Å². The minimum absolute atomic E-state index is 0.238. The zero-order valence-electron chi connectivity index (χ0n) is 15.2. The number of nitrogens with one attached hydrogen (secondary N) is 1. The highest BCUT2D eigenvalue weighted by molar-refractivity contribution is 6.32. The number of rotatable bonds is 5. The van der Waals surface area contributed by atoms with Gasteiger partial charge in [-0.1, -0.05) is 17.7 Å². The SMILES string of the molecule is CC(Cn1cc(C#N)c(-c2ccc(C#N)c(Cl)c2)n1)NC(=O)c1cn(C)cn1. The number of carbonyl (C=O) groups excluding carboxylic acids is 1. The van der Waals surface area contributed by atoms with Crippen molar-refractivity contribution in [1.29, 1.82) is 10.5 Å². The van der Waals surface area contributed by atoms with E-state index in [0.29, 0.717) is 39.6 Å². The first-order valence-corrected chi connectivity index (χ1v) is 8.75. The van der Waals surface area contributed by atoms with Gasteiger partial charge in [-0.3, -0.25) is 9.48 Å². The number of hydrogen-bond donors (Lipinski definition) is 1. The van der Waals surface area contributed by atoms with Crippen LogP contribution in [0, 0.1) is 22.7 Å². The topological polar surface area (TPSA) is 112 Å². The van der Waals surface area contributed by atoms with Crippen LogP contribution in [0.3, 0.4) is 0 Å². The third-order valence-electron chi connectivity index (χ3n) is 4.02. The third kappa shape index (κ3) is 4.03. The number of imidazole rings is 1. The molecule has 0 saturated heterocycles. The van der Waals surface area contributed by atoms with E-state index in [-0.39, 0.29) is 11.9 Å². The van der Waals surface area contributed by atoms with Crippen LogP contribution in [0.4, 0.5) is 0 Å². The molecule has 0 radical (unpaired) electrons. The highest BCUT2D eigenvalue weighted by Gasteiger charge is 2.16. The quantitative estimate of drug-likeness (QED) is 0.715. The van der Waals surface area contributed by atoms with Crippen molar-refractivity contribution in [2.75, 3.05) is 0 Å². The third-order valence-corrected chi connectivity index (χ3v) is 4.33. The van der Waals surface area contributed by atoms with Crippen molar-refractivity contribution in [2.45, 2.75) is 19.5 Å². The summed E-state index contributed by atoms with van der Waals surface area (Å²) in [5.41, 5.74) is 2.18. The van der Waals surface area contributed by atoms with E-state index in [1.165, 1.54) is 0 Å². The summed E-state index contributed by atoms with van der Waals surface area (Å²) in [5.74, 6) is -0.278. The molecule has 28 heavy (non-hydrogen) atoms. The lowest BCUT2D eigenvalue weighted by molar-refractivity contribution is 0.0931. The van der Waals surface area contributed by atoms with Crippen molar-refractivity contribution in [2.24, 2.45) is 7.05 Å². The number of carbonyl (C=O) groups is 1. The Morgan fingerprint density at radius 3 is 2.64 bits per heavy atom. The van der Waals surface area contributed by atoms with E-state index in [1.807, 2.05) is 13.0 Å². The average molecular weight is 394 g/mol. The Labute approximate surface area is 166 Å². The van der Waals surface area contributed by atoms with Gasteiger partial charge in [0.25, 0.3) is 5.91 Å². The first-order valence-electron chi connectivity index (χ1n) is 8.37. The van der Waals surface area contributed by atoms with Gasteiger partial charge in [-0.05, 0) is 19.1 Å². The summed E-state index contributed by atoms with van der Waals surface area (Å²) in [5, 5.41) is 26.0. The van der Waals surface area contributed by atoms with E-state index in [1.54, 1.807) is 53.2 Å². The Kier molecular flexibility index (Phi) is 5.44. The fourth-order valence-electron chi connectivity index (χ4n) is 2.72. The summed E-state index contributed by atoms with van der Waals surface area (Å²) in [6.07, 6.45) is 4.81. The number of benzene rings is 1. The summed E-state index contributed by atoms with van der Waals surface area (Å²) >= 11 is 6.09. The summed E-state index contributed by atoms with van der Waals surface area (Å²) in [4.78, 5) is 16.2. The molecular weight excluding hydrogens is 378 g/mol. The van der Waals surface area contributed by atoms with Crippen LogP contribution in [-0.4, -0.2) is 31.3 Å². The van der Waals surface area contributed by atoms with Crippen molar-refractivity contribution in [3.63, 3.8) is 0 Å². The molecule has 0 fully saturated rings. The second kappa shape index (κ2) is 7.95. The fourth-order valence-corrected chi connectivity index (χ4v) is 2.94. The van der Waals surface area contributed by atoms with Gasteiger partial charge in [0.15, 0.2) is 0 Å². The largest absolute Gasteiger partial charge is 0.346 e. The van der Waals surface area contributed by atoms with Crippen LogP contribution in [-0.2, 0) is 13.6 Å². The van der Waals surface area contributed by atoms with Gasteiger partial charge >= 0.3 is 0 Å². The summed E-state index contributed by atoms with van der Waals surface area (Å²) in [6.45, 7) is 2.21. The highest BCUT2D eigenvalue weighted by atomic mass is 35.5. The van der Waals surface area contributed by atoms with Crippen molar-refractivity contribution < 1.29 is 4.79 Å². The maximum atomic E-state index is 12.2. The normalized spacial score (nSPS) is 11.5. The van der Waals surface area contributed by atoms with Crippen LogP contribution in [0.15, 0.2) is 36.9 Å². The molecule has 8 nitrogen and oxygen atoms in total. The Balaban J connectivity index is 1.77. The number of aromatic nitrogens is 4. The summed E-state index contributed by atoms with van der Waals surface area (Å²) in [6, 6.07) is 8.77. The maximum Gasteiger partial charge on any atom is 0.271 e. The lowest BCUT2D eigenvalue weighted by atomic mass is 10.1. The van der Waals surface area contributed by atoms with Gasteiger partial charge in [0.1, 0.15) is 23.5 Å². The molecule has 3 aromatic rings. The van der Waals surface area contributed by atoms with E-state index in [2.05, 4.69) is 21.5 Å². The van der Waals surface area contributed by atoms with Crippen LogP contribution in [0.25, 0.3) is 11.3 Å². The molecule has 0 spiro atoms. The van der Waals surface area contributed by atoms with E-state index >= 15 is 0 Å². The van der Waals surface area contributed by atoms with Gasteiger partial charge < -0.3 is 9.88 Å². The lowest BCUT2D eigenvalue weighted by Crippen LogP contribution is -2.36. The minimum atomic E-state index is -0.278. The lowest BCUT2D eigenvalue weighted by Gasteiger charge is -2.13. The Morgan fingerprint density at radius 2 is 2.04 bits per heavy atom. The zero-order chi connectivity index (χ0) is 20.3. The number of nitrogens with zero attached hydrogens (tertiary/aromatic N) is 6. The Bertz CT molecular complexity index is 1120. The predicted octanol–water partition coefficient (Wildman–Crippen LogP) is 2.50. The molecule has 1 aromatic carbocycles. The van der Waals surface area contributed by atoms with Crippen molar-refractivity contribution in [1.82, 2.24) is 24.6 Å². The molecule has 2 heterocycles. The molecule has 0 saturated carbocycles. The van der Waals surface area contributed by atoms with Gasteiger partial charge in [-0.15, -0.1) is 0 Å². The standard InChI is InChI=1S/C19H16ClN7O/c1-12(24-19(28)17-10-26(2)11-23-17)8-27-9-15(7-22)18(25-27)13-3-4-14(6-21)16(20)5-13/h3-5,9-12H,8H2,1-2H3,(H,24,28). The monoisotopic (exact) mass is 393 g/mol. The van der Waals surface area contributed by atoms with Crippen LogP contribution < -0.4 is 5.32 Å². The van der Waals surface area contributed by atoms with Gasteiger partial charge in [-0.25, -0.2) is 4.98 Å². The molecule has 9 heteroatoms. The molecule has 2 aromatic heterocycles. The van der Waals surface area contributed by atoms with Gasteiger partial charge in [0.2, 0.25) is 0 Å². The molecule has 1 unspecified atom stereocenters. The number of aryl methyl sites for hydroxylation is 1. The summed E-state index contributed by atoms with van der Waals surface area (Å²) < 4.78 is 3.30. The van der Waals surface area contributed by atoms with Crippen LogP contribution in [0.5, 0.6) is 0 Å². The minimum Gasteiger partial charge on any atom is -0.346 e. The van der Waals surface area contributed by atoms with Gasteiger partial charge in [0, 0.05) is 31.0 Å². The maximum absolute atomic E-state index is 12.2. The first kappa shape index (κ1) is 19.2. The molecule has 0 bridgehead atoms. The number of amides is 1. The van der Waals surface area contributed by atoms with E-state index < -0.39 is 0 Å². The smallest absolute Gasteiger partial charge is 0.271 e. The summed E-state index contributed by atoms with van der Waals surface area (Å²) in [7, 11) is 1.79. The van der Waals surface area contributed by atoms with Crippen molar-refractivity contribution in [3.8, 4) is 23.4 Å². The predicted molar refractivity (Wildman–Crippen MR) is 102 cm³/mol.